The summed E-state index contributed by atoms with van der Waals surface area (Å²) in [6.07, 6.45) is 2.49. The van der Waals surface area contributed by atoms with Gasteiger partial charge in [0, 0.05) is 22.0 Å². The molecular formula is C24H26FNOS. The minimum absolute atomic E-state index is 0.125. The van der Waals surface area contributed by atoms with Gasteiger partial charge in [-0.2, -0.15) is 0 Å². The van der Waals surface area contributed by atoms with Crippen molar-refractivity contribution in [2.45, 2.75) is 40.0 Å². The molecule has 146 valence electrons. The number of para-hydroxylation sites is 1. The highest BCUT2D eigenvalue weighted by Gasteiger charge is 2.31. The molecule has 0 fully saturated rings. The summed E-state index contributed by atoms with van der Waals surface area (Å²) in [5.41, 5.74) is 4.31. The zero-order chi connectivity index (χ0) is 20.3. The van der Waals surface area contributed by atoms with Crippen molar-refractivity contribution in [3.63, 3.8) is 0 Å². The molecule has 1 atom stereocenters. The second-order valence-corrected chi connectivity index (χ2v) is 8.18. The van der Waals surface area contributed by atoms with Crippen LogP contribution in [-0.2, 0) is 6.42 Å². The van der Waals surface area contributed by atoms with Gasteiger partial charge in [-0.25, -0.2) is 4.39 Å². The SMILES string of the molecule is CC1=C(CC(C)C)C(=S)C(CCc2ccccc2)C(c2cccc(F)c2O)=N1. The summed E-state index contributed by atoms with van der Waals surface area (Å²) < 4.78 is 14.0. The topological polar surface area (TPSA) is 32.6 Å². The van der Waals surface area contributed by atoms with Gasteiger partial charge < -0.3 is 5.11 Å². The Kier molecular flexibility index (Phi) is 6.40. The summed E-state index contributed by atoms with van der Waals surface area (Å²) in [5.74, 6) is -0.645. The number of nitrogens with zero attached hydrogens (tertiary/aromatic N) is 1. The first kappa shape index (κ1) is 20.4. The summed E-state index contributed by atoms with van der Waals surface area (Å²) in [6.45, 7) is 6.28. The van der Waals surface area contributed by atoms with E-state index in [1.54, 1.807) is 12.1 Å². The predicted molar refractivity (Wildman–Crippen MR) is 118 cm³/mol. The summed E-state index contributed by atoms with van der Waals surface area (Å²) in [7, 11) is 0. The third kappa shape index (κ3) is 4.39. The van der Waals surface area contributed by atoms with Crippen molar-refractivity contribution >= 4 is 22.8 Å². The molecule has 0 saturated heterocycles. The van der Waals surface area contributed by atoms with Gasteiger partial charge in [0.25, 0.3) is 0 Å². The van der Waals surface area contributed by atoms with Crippen molar-refractivity contribution in [1.29, 1.82) is 0 Å². The molecule has 28 heavy (non-hydrogen) atoms. The number of aromatic hydroxyl groups is 1. The van der Waals surface area contributed by atoms with Crippen molar-refractivity contribution in [3.05, 3.63) is 76.7 Å². The van der Waals surface area contributed by atoms with Crippen LogP contribution in [0.25, 0.3) is 0 Å². The third-order valence-electron chi connectivity index (χ3n) is 5.11. The molecule has 0 aliphatic carbocycles. The lowest BCUT2D eigenvalue weighted by Crippen LogP contribution is -2.30. The molecule has 1 N–H and O–H groups in total. The molecule has 1 aliphatic rings. The zero-order valence-electron chi connectivity index (χ0n) is 16.6. The number of benzene rings is 2. The fourth-order valence-corrected chi connectivity index (χ4v) is 4.15. The monoisotopic (exact) mass is 395 g/mol. The normalized spacial score (nSPS) is 17.2. The Balaban J connectivity index is 2.01. The summed E-state index contributed by atoms with van der Waals surface area (Å²) in [6, 6.07) is 14.8. The lowest BCUT2D eigenvalue weighted by atomic mass is 9.81. The first-order valence-corrected chi connectivity index (χ1v) is 10.1. The quantitative estimate of drug-likeness (QED) is 0.584. The minimum atomic E-state index is -0.637. The van der Waals surface area contributed by atoms with E-state index in [0.717, 1.165) is 35.4 Å². The van der Waals surface area contributed by atoms with Crippen molar-refractivity contribution in [2.24, 2.45) is 16.8 Å². The zero-order valence-corrected chi connectivity index (χ0v) is 17.4. The van der Waals surface area contributed by atoms with Crippen LogP contribution in [0.5, 0.6) is 5.75 Å². The number of aliphatic imine (C=N–C) groups is 1. The van der Waals surface area contributed by atoms with Gasteiger partial charge in [0.05, 0.1) is 5.71 Å². The smallest absolute Gasteiger partial charge is 0.165 e. The van der Waals surface area contributed by atoms with Gasteiger partial charge in [-0.1, -0.05) is 62.5 Å². The van der Waals surface area contributed by atoms with Crippen LogP contribution in [0.1, 0.15) is 44.7 Å². The van der Waals surface area contributed by atoms with Crippen molar-refractivity contribution in [3.8, 4) is 5.75 Å². The molecule has 1 unspecified atom stereocenters. The van der Waals surface area contributed by atoms with Gasteiger partial charge in [-0.3, -0.25) is 4.99 Å². The first-order valence-electron chi connectivity index (χ1n) is 9.72. The molecule has 2 aromatic rings. The van der Waals surface area contributed by atoms with E-state index in [1.807, 2.05) is 25.1 Å². The minimum Gasteiger partial charge on any atom is -0.504 e. The number of rotatable bonds is 6. The molecule has 1 heterocycles. The van der Waals surface area contributed by atoms with Crippen molar-refractivity contribution in [2.75, 3.05) is 0 Å². The molecule has 0 radical (unpaired) electrons. The number of thiocarbonyl (C=S) groups is 1. The summed E-state index contributed by atoms with van der Waals surface area (Å²) >= 11 is 5.90. The van der Waals surface area contributed by atoms with E-state index in [1.165, 1.54) is 11.6 Å². The highest BCUT2D eigenvalue weighted by molar-refractivity contribution is 7.81. The van der Waals surface area contributed by atoms with Gasteiger partial charge in [0.1, 0.15) is 0 Å². The number of phenols is 1. The molecular weight excluding hydrogens is 369 g/mol. The third-order valence-corrected chi connectivity index (χ3v) is 5.64. The molecule has 0 amide bonds. The highest BCUT2D eigenvalue weighted by Crippen LogP contribution is 2.34. The number of aryl methyl sites for hydroxylation is 1. The van der Waals surface area contributed by atoms with Crippen molar-refractivity contribution < 1.29 is 9.50 Å². The summed E-state index contributed by atoms with van der Waals surface area (Å²) in [4.78, 5) is 5.69. The van der Waals surface area contributed by atoms with E-state index in [2.05, 4.69) is 26.0 Å². The van der Waals surface area contributed by atoms with Crippen LogP contribution < -0.4 is 0 Å². The van der Waals surface area contributed by atoms with E-state index in [0.29, 0.717) is 17.2 Å². The average molecular weight is 396 g/mol. The Bertz CT molecular complexity index is 931. The van der Waals surface area contributed by atoms with Gasteiger partial charge in [-0.05, 0) is 55.4 Å². The molecule has 0 bridgehead atoms. The molecule has 0 aromatic heterocycles. The van der Waals surface area contributed by atoms with Crippen LogP contribution in [0.4, 0.5) is 4.39 Å². The van der Waals surface area contributed by atoms with E-state index in [4.69, 9.17) is 17.2 Å². The molecule has 3 rings (SSSR count). The second kappa shape index (κ2) is 8.78. The van der Waals surface area contributed by atoms with Crippen LogP contribution in [0.2, 0.25) is 0 Å². The predicted octanol–water partition coefficient (Wildman–Crippen LogP) is 6.27. The molecule has 2 aromatic carbocycles. The molecule has 0 saturated carbocycles. The largest absolute Gasteiger partial charge is 0.504 e. The maximum Gasteiger partial charge on any atom is 0.165 e. The Hall–Kier alpha value is -2.33. The van der Waals surface area contributed by atoms with Crippen molar-refractivity contribution in [1.82, 2.24) is 0 Å². The molecule has 0 spiro atoms. The Morgan fingerprint density at radius 2 is 1.82 bits per heavy atom. The van der Waals surface area contributed by atoms with E-state index >= 15 is 0 Å². The van der Waals surface area contributed by atoms with E-state index in [-0.39, 0.29) is 11.7 Å². The Labute approximate surface area is 171 Å². The molecule has 4 heteroatoms. The fourth-order valence-electron chi connectivity index (χ4n) is 3.69. The van der Waals surface area contributed by atoms with E-state index in [9.17, 15) is 9.50 Å². The van der Waals surface area contributed by atoms with Crippen LogP contribution in [0, 0.1) is 17.7 Å². The maximum atomic E-state index is 14.0. The van der Waals surface area contributed by atoms with Crippen LogP contribution in [0.3, 0.4) is 0 Å². The average Bonchev–Trinajstić information content (AvgIpc) is 2.67. The number of hydrogen-bond donors (Lipinski definition) is 1. The standard InChI is InChI=1S/C24H26FNOS/c1-15(2)14-20-16(3)26-22(18-10-7-11-21(25)23(18)27)19(24(20)28)13-12-17-8-5-4-6-9-17/h4-11,15,19,27H,12-14H2,1-3H3. The first-order chi connectivity index (χ1) is 13.4. The number of allylic oxidation sites excluding steroid dienone is 2. The number of phenolic OH excluding ortho intramolecular Hbond substituents is 1. The fraction of sp³-hybridized carbons (Fsp3) is 0.333. The van der Waals surface area contributed by atoms with Crippen LogP contribution in [0.15, 0.2) is 64.8 Å². The van der Waals surface area contributed by atoms with E-state index < -0.39 is 5.82 Å². The second-order valence-electron chi connectivity index (χ2n) is 7.74. The van der Waals surface area contributed by atoms with Gasteiger partial charge >= 0.3 is 0 Å². The number of halogens is 1. The molecule has 1 aliphatic heterocycles. The summed E-state index contributed by atoms with van der Waals surface area (Å²) in [5, 5.41) is 10.3. The molecule has 2 nitrogen and oxygen atoms in total. The Morgan fingerprint density at radius 3 is 2.50 bits per heavy atom. The highest BCUT2D eigenvalue weighted by atomic mass is 32.1. The van der Waals surface area contributed by atoms with Gasteiger partial charge in [-0.15, -0.1) is 0 Å². The Morgan fingerprint density at radius 1 is 1.11 bits per heavy atom. The van der Waals surface area contributed by atoms with Crippen LogP contribution in [-0.4, -0.2) is 15.7 Å². The van der Waals surface area contributed by atoms with Crippen LogP contribution >= 0.6 is 12.2 Å². The van der Waals surface area contributed by atoms with Gasteiger partial charge in [0.15, 0.2) is 11.6 Å². The number of hydrogen-bond acceptors (Lipinski definition) is 3. The lowest BCUT2D eigenvalue weighted by molar-refractivity contribution is 0.431. The maximum absolute atomic E-state index is 14.0. The lowest BCUT2D eigenvalue weighted by Gasteiger charge is -2.29. The van der Waals surface area contributed by atoms with Gasteiger partial charge in [0.2, 0.25) is 0 Å².